The maximum absolute atomic E-state index is 10.3. The number of aliphatic hydroxyl groups is 1. The van der Waals surface area contributed by atoms with Crippen LogP contribution >= 0.6 is 11.6 Å². The van der Waals surface area contributed by atoms with E-state index in [2.05, 4.69) is 13.8 Å². The molecule has 0 spiro atoms. The number of hydrogen-bond donors (Lipinski definition) is 1. The number of aliphatic hydroxyl groups excluding tert-OH is 1. The fraction of sp³-hybridized carbons (Fsp3) is 0.625. The lowest BCUT2D eigenvalue weighted by Gasteiger charge is -2.38. The standard InChI is InChI=1S/C16H23ClO2/c1-3-4-5-6-9-16(2)11-14(18)13-10-12(17)7-8-15(13)19-16/h7-8,10,14,18H,3-6,9,11H2,1-2H3/t14-,16?/m0/s1. The summed E-state index contributed by atoms with van der Waals surface area (Å²) in [5.41, 5.74) is 0.562. The molecule has 1 aliphatic rings. The summed E-state index contributed by atoms with van der Waals surface area (Å²) in [6.07, 6.45) is 6.06. The van der Waals surface area contributed by atoms with Crippen LogP contribution in [0, 0.1) is 0 Å². The van der Waals surface area contributed by atoms with Crippen molar-refractivity contribution in [1.29, 1.82) is 0 Å². The molecule has 106 valence electrons. The molecule has 0 saturated carbocycles. The van der Waals surface area contributed by atoms with Gasteiger partial charge in [0.1, 0.15) is 11.4 Å². The quantitative estimate of drug-likeness (QED) is 0.780. The summed E-state index contributed by atoms with van der Waals surface area (Å²) in [4.78, 5) is 0. The Hall–Kier alpha value is -0.730. The predicted molar refractivity (Wildman–Crippen MR) is 78.8 cm³/mol. The fourth-order valence-corrected chi connectivity index (χ4v) is 2.96. The second-order valence-electron chi connectivity index (χ2n) is 5.76. The lowest BCUT2D eigenvalue weighted by Crippen LogP contribution is -2.38. The van der Waals surface area contributed by atoms with E-state index in [0.29, 0.717) is 11.4 Å². The molecule has 1 aromatic carbocycles. The van der Waals surface area contributed by atoms with Crippen molar-refractivity contribution in [3.8, 4) is 5.75 Å². The van der Waals surface area contributed by atoms with Gasteiger partial charge in [-0.25, -0.2) is 0 Å². The molecule has 0 amide bonds. The molecule has 1 aliphatic heterocycles. The molecule has 0 saturated heterocycles. The van der Waals surface area contributed by atoms with Crippen LogP contribution in [-0.2, 0) is 0 Å². The smallest absolute Gasteiger partial charge is 0.126 e. The Morgan fingerprint density at radius 3 is 2.89 bits per heavy atom. The van der Waals surface area contributed by atoms with Crippen LogP contribution in [0.2, 0.25) is 5.02 Å². The molecule has 0 aliphatic carbocycles. The number of hydrogen-bond acceptors (Lipinski definition) is 2. The van der Waals surface area contributed by atoms with Crippen molar-refractivity contribution in [3.63, 3.8) is 0 Å². The average molecular weight is 283 g/mol. The number of ether oxygens (including phenoxy) is 1. The first-order chi connectivity index (χ1) is 9.04. The molecule has 1 aromatic rings. The molecule has 3 heteroatoms. The Morgan fingerprint density at radius 2 is 2.16 bits per heavy atom. The Morgan fingerprint density at radius 1 is 1.37 bits per heavy atom. The third kappa shape index (κ3) is 3.64. The maximum Gasteiger partial charge on any atom is 0.126 e. The Kier molecular flexibility index (Phi) is 4.75. The average Bonchev–Trinajstić information content (AvgIpc) is 2.36. The zero-order valence-electron chi connectivity index (χ0n) is 11.8. The molecule has 19 heavy (non-hydrogen) atoms. The van der Waals surface area contributed by atoms with E-state index in [-0.39, 0.29) is 5.60 Å². The predicted octanol–water partition coefficient (Wildman–Crippen LogP) is 4.89. The largest absolute Gasteiger partial charge is 0.487 e. The van der Waals surface area contributed by atoms with Gasteiger partial charge < -0.3 is 9.84 Å². The van der Waals surface area contributed by atoms with Crippen molar-refractivity contribution < 1.29 is 9.84 Å². The van der Waals surface area contributed by atoms with Gasteiger partial charge in [-0.1, -0.05) is 37.8 Å². The summed E-state index contributed by atoms with van der Waals surface area (Å²) < 4.78 is 6.11. The van der Waals surface area contributed by atoms with Crippen LogP contribution in [0.3, 0.4) is 0 Å². The molecule has 0 bridgehead atoms. The summed E-state index contributed by atoms with van der Waals surface area (Å²) in [5, 5.41) is 10.9. The fourth-order valence-electron chi connectivity index (χ4n) is 2.78. The first kappa shape index (κ1) is 14.7. The van der Waals surface area contributed by atoms with E-state index >= 15 is 0 Å². The molecule has 2 nitrogen and oxygen atoms in total. The highest BCUT2D eigenvalue weighted by atomic mass is 35.5. The molecule has 0 radical (unpaired) electrons. The van der Waals surface area contributed by atoms with Crippen LogP contribution in [-0.4, -0.2) is 10.7 Å². The van der Waals surface area contributed by atoms with Gasteiger partial charge >= 0.3 is 0 Å². The molecule has 1 N–H and O–H groups in total. The lowest BCUT2D eigenvalue weighted by molar-refractivity contribution is -0.00847. The molecular formula is C16H23ClO2. The zero-order chi connectivity index (χ0) is 13.9. The highest BCUT2D eigenvalue weighted by Crippen LogP contribution is 2.42. The summed E-state index contributed by atoms with van der Waals surface area (Å²) in [7, 11) is 0. The van der Waals surface area contributed by atoms with Crippen molar-refractivity contribution in [3.05, 3.63) is 28.8 Å². The minimum Gasteiger partial charge on any atom is -0.487 e. The van der Waals surface area contributed by atoms with E-state index in [9.17, 15) is 5.11 Å². The van der Waals surface area contributed by atoms with Gasteiger partial charge in [0.2, 0.25) is 0 Å². The minimum atomic E-state index is -0.473. The van der Waals surface area contributed by atoms with E-state index in [4.69, 9.17) is 16.3 Å². The van der Waals surface area contributed by atoms with Gasteiger partial charge in [0.05, 0.1) is 6.10 Å². The van der Waals surface area contributed by atoms with Crippen molar-refractivity contribution >= 4 is 11.6 Å². The van der Waals surface area contributed by atoms with Gasteiger partial charge in [-0.15, -0.1) is 0 Å². The maximum atomic E-state index is 10.3. The molecule has 0 fully saturated rings. The third-order valence-electron chi connectivity index (χ3n) is 3.87. The molecular weight excluding hydrogens is 260 g/mol. The number of fused-ring (bicyclic) bond motifs is 1. The van der Waals surface area contributed by atoms with Crippen LogP contribution in [0.15, 0.2) is 18.2 Å². The van der Waals surface area contributed by atoms with Gasteiger partial charge in [0, 0.05) is 17.0 Å². The second-order valence-corrected chi connectivity index (χ2v) is 6.20. The first-order valence-electron chi connectivity index (χ1n) is 7.20. The van der Waals surface area contributed by atoms with Gasteiger partial charge in [-0.05, 0) is 38.0 Å². The van der Waals surface area contributed by atoms with Crippen molar-refractivity contribution in [2.24, 2.45) is 0 Å². The first-order valence-corrected chi connectivity index (χ1v) is 7.58. The third-order valence-corrected chi connectivity index (χ3v) is 4.11. The van der Waals surface area contributed by atoms with E-state index in [1.54, 1.807) is 6.07 Å². The normalized spacial score (nSPS) is 25.8. The molecule has 2 rings (SSSR count). The van der Waals surface area contributed by atoms with Crippen LogP contribution in [0.25, 0.3) is 0 Å². The van der Waals surface area contributed by atoms with E-state index in [1.165, 1.54) is 19.3 Å². The monoisotopic (exact) mass is 282 g/mol. The molecule has 1 heterocycles. The van der Waals surface area contributed by atoms with Gasteiger partial charge in [0.15, 0.2) is 0 Å². The Balaban J connectivity index is 2.04. The summed E-state index contributed by atoms with van der Waals surface area (Å²) in [6, 6.07) is 5.48. The molecule has 1 unspecified atom stereocenters. The lowest BCUT2D eigenvalue weighted by atomic mass is 9.86. The highest BCUT2D eigenvalue weighted by molar-refractivity contribution is 6.30. The summed E-state index contributed by atoms with van der Waals surface area (Å²) >= 11 is 5.96. The van der Waals surface area contributed by atoms with Crippen LogP contribution in [0.1, 0.15) is 64.0 Å². The summed E-state index contributed by atoms with van der Waals surface area (Å²) in [6.45, 7) is 4.31. The minimum absolute atomic E-state index is 0.256. The topological polar surface area (TPSA) is 29.5 Å². The van der Waals surface area contributed by atoms with Gasteiger partial charge in [-0.2, -0.15) is 0 Å². The Labute approximate surface area is 120 Å². The van der Waals surface area contributed by atoms with E-state index in [1.807, 2.05) is 12.1 Å². The number of unbranched alkanes of at least 4 members (excludes halogenated alkanes) is 3. The van der Waals surface area contributed by atoms with Crippen LogP contribution < -0.4 is 4.74 Å². The Bertz CT molecular complexity index is 433. The zero-order valence-corrected chi connectivity index (χ0v) is 12.5. The van der Waals surface area contributed by atoms with Crippen molar-refractivity contribution in [1.82, 2.24) is 0 Å². The molecule has 2 atom stereocenters. The van der Waals surface area contributed by atoms with Crippen LogP contribution in [0.5, 0.6) is 5.75 Å². The van der Waals surface area contributed by atoms with Crippen LogP contribution in [0.4, 0.5) is 0 Å². The number of rotatable bonds is 5. The van der Waals surface area contributed by atoms with Crippen molar-refractivity contribution in [2.45, 2.75) is 64.1 Å². The second kappa shape index (κ2) is 6.15. The van der Waals surface area contributed by atoms with E-state index < -0.39 is 6.10 Å². The highest BCUT2D eigenvalue weighted by Gasteiger charge is 2.36. The van der Waals surface area contributed by atoms with Crippen molar-refractivity contribution in [2.75, 3.05) is 0 Å². The van der Waals surface area contributed by atoms with E-state index in [0.717, 1.165) is 24.2 Å². The summed E-state index contributed by atoms with van der Waals surface area (Å²) in [5.74, 6) is 0.779. The number of halogens is 1. The van der Waals surface area contributed by atoms with Gasteiger partial charge in [-0.3, -0.25) is 0 Å². The SMILES string of the molecule is CCCCCCC1(C)C[C@H](O)c2cc(Cl)ccc2O1. The van der Waals surface area contributed by atoms with Gasteiger partial charge in [0.25, 0.3) is 0 Å². The molecule has 0 aromatic heterocycles. The number of benzene rings is 1.